The summed E-state index contributed by atoms with van der Waals surface area (Å²) >= 11 is 0. The first-order valence-corrected chi connectivity index (χ1v) is 12.3. The maximum absolute atomic E-state index is 13.1. The summed E-state index contributed by atoms with van der Waals surface area (Å²) in [6.45, 7) is 3.39. The zero-order valence-electron chi connectivity index (χ0n) is 17.7. The molecule has 0 saturated carbocycles. The molecule has 0 spiro atoms. The number of carbonyl (C=O) groups excluding carboxylic acids is 2. The first-order valence-electron chi connectivity index (χ1n) is 10.8. The number of amides is 3. The van der Waals surface area contributed by atoms with E-state index < -0.39 is 16.1 Å². The molecule has 30 heavy (non-hydrogen) atoms. The van der Waals surface area contributed by atoms with Crippen LogP contribution < -0.4 is 16.0 Å². The first kappa shape index (κ1) is 24.1. The molecule has 3 amide bonds. The Balaban J connectivity index is 1.90. The van der Waals surface area contributed by atoms with Gasteiger partial charge in [-0.2, -0.15) is 4.31 Å². The molecule has 1 saturated heterocycles. The van der Waals surface area contributed by atoms with Crippen LogP contribution in [0.25, 0.3) is 0 Å². The number of urea groups is 1. The highest BCUT2D eigenvalue weighted by molar-refractivity contribution is 7.89. The van der Waals surface area contributed by atoms with Crippen LogP contribution in [0.5, 0.6) is 0 Å². The van der Waals surface area contributed by atoms with E-state index in [1.165, 1.54) is 29.6 Å². The molecule has 1 aromatic rings. The summed E-state index contributed by atoms with van der Waals surface area (Å²) in [7, 11) is -3.74. The number of hydrogen-bond acceptors (Lipinski definition) is 4. The number of para-hydroxylation sites is 1. The molecule has 1 heterocycles. The van der Waals surface area contributed by atoms with Crippen LogP contribution in [0.4, 0.5) is 10.5 Å². The Bertz CT molecular complexity index is 777. The number of nitrogens with one attached hydrogen (secondary N) is 3. The van der Waals surface area contributed by atoms with Gasteiger partial charge in [0.25, 0.3) is 0 Å². The van der Waals surface area contributed by atoms with Crippen molar-refractivity contribution >= 4 is 28.2 Å². The Labute approximate surface area is 179 Å². The number of hydrogen-bond donors (Lipinski definition) is 3. The number of carbonyl (C=O) groups is 2. The van der Waals surface area contributed by atoms with Gasteiger partial charge in [0, 0.05) is 25.7 Å². The second kappa shape index (κ2) is 12.5. The van der Waals surface area contributed by atoms with Gasteiger partial charge in [-0.05, 0) is 31.4 Å². The average Bonchev–Trinajstić information content (AvgIpc) is 2.74. The Kier molecular flexibility index (Phi) is 10.1. The predicted molar refractivity (Wildman–Crippen MR) is 118 cm³/mol. The maximum Gasteiger partial charge on any atom is 0.319 e. The number of unbranched alkanes of at least 4 members (excludes halogenated alkanes) is 5. The normalized spacial score (nSPS) is 15.5. The van der Waals surface area contributed by atoms with E-state index in [1.807, 2.05) is 0 Å². The summed E-state index contributed by atoms with van der Waals surface area (Å²) in [6, 6.07) is 6.04. The number of piperidine rings is 1. The molecule has 3 N–H and O–H groups in total. The smallest absolute Gasteiger partial charge is 0.319 e. The summed E-state index contributed by atoms with van der Waals surface area (Å²) in [5.41, 5.74) is 0.270. The van der Waals surface area contributed by atoms with Crippen molar-refractivity contribution in [2.24, 2.45) is 0 Å². The minimum atomic E-state index is -3.74. The van der Waals surface area contributed by atoms with Crippen molar-refractivity contribution in [3.05, 3.63) is 24.3 Å². The van der Waals surface area contributed by atoms with Crippen LogP contribution in [0.1, 0.15) is 58.3 Å². The first-order chi connectivity index (χ1) is 14.5. The zero-order chi connectivity index (χ0) is 21.8. The van der Waals surface area contributed by atoms with Crippen LogP contribution in [-0.2, 0) is 14.8 Å². The van der Waals surface area contributed by atoms with Crippen LogP contribution in [0, 0.1) is 0 Å². The fourth-order valence-corrected chi connectivity index (χ4v) is 5.18. The third-order valence-electron chi connectivity index (χ3n) is 5.33. The van der Waals surface area contributed by atoms with E-state index in [4.69, 9.17) is 0 Å². The molecule has 1 aromatic carbocycles. The number of rotatable bonds is 12. The molecule has 0 atom stereocenters. The van der Waals surface area contributed by atoms with Crippen molar-refractivity contribution < 1.29 is 18.0 Å². The zero-order valence-corrected chi connectivity index (χ0v) is 18.5. The molecule has 9 heteroatoms. The SMILES string of the molecule is CCCCCCCCNC(=O)Nc1ccccc1S(=O)(=O)N1CCC(NC=O)CC1. The van der Waals surface area contributed by atoms with Crippen LogP contribution in [0.15, 0.2) is 29.2 Å². The van der Waals surface area contributed by atoms with Crippen molar-refractivity contribution in [3.8, 4) is 0 Å². The van der Waals surface area contributed by atoms with Crippen LogP contribution in [0.2, 0.25) is 0 Å². The predicted octanol–water partition coefficient (Wildman–Crippen LogP) is 3.07. The highest BCUT2D eigenvalue weighted by atomic mass is 32.2. The van der Waals surface area contributed by atoms with Gasteiger partial charge < -0.3 is 16.0 Å². The highest BCUT2D eigenvalue weighted by Gasteiger charge is 2.31. The standard InChI is InChI=1S/C21H34N4O4S/c1-2-3-4-5-6-9-14-22-21(27)24-19-10-7-8-11-20(19)30(28,29)25-15-12-18(13-16-25)23-17-26/h7-8,10-11,17-18H,2-6,9,12-16H2,1H3,(H,23,26)(H2,22,24,27). The molecule has 1 aliphatic heterocycles. The lowest BCUT2D eigenvalue weighted by Crippen LogP contribution is -2.44. The Hall–Kier alpha value is -2.13. The quantitative estimate of drug-likeness (QED) is 0.344. The third kappa shape index (κ3) is 7.28. The van der Waals surface area contributed by atoms with E-state index in [-0.39, 0.29) is 16.6 Å². The number of nitrogens with zero attached hydrogens (tertiary/aromatic N) is 1. The summed E-state index contributed by atoms with van der Waals surface area (Å²) in [5.74, 6) is 0. The van der Waals surface area contributed by atoms with Gasteiger partial charge in [-0.1, -0.05) is 51.2 Å². The van der Waals surface area contributed by atoms with E-state index in [1.54, 1.807) is 18.2 Å². The van der Waals surface area contributed by atoms with Gasteiger partial charge >= 0.3 is 6.03 Å². The second-order valence-corrected chi connectivity index (χ2v) is 9.51. The van der Waals surface area contributed by atoms with Gasteiger partial charge in [0.05, 0.1) is 5.69 Å². The summed E-state index contributed by atoms with van der Waals surface area (Å²) in [6.07, 6.45) is 8.58. The fourth-order valence-electron chi connectivity index (χ4n) is 3.57. The van der Waals surface area contributed by atoms with Crippen molar-refractivity contribution in [2.75, 3.05) is 25.0 Å². The van der Waals surface area contributed by atoms with Crippen LogP contribution >= 0.6 is 0 Å². The average molecular weight is 439 g/mol. The Morgan fingerprint density at radius 1 is 1.10 bits per heavy atom. The fraction of sp³-hybridized carbons (Fsp3) is 0.619. The topological polar surface area (TPSA) is 108 Å². The largest absolute Gasteiger partial charge is 0.356 e. The van der Waals surface area contributed by atoms with Gasteiger partial charge in [-0.25, -0.2) is 13.2 Å². The van der Waals surface area contributed by atoms with Crippen molar-refractivity contribution in [2.45, 2.75) is 69.2 Å². The van der Waals surface area contributed by atoms with Crippen molar-refractivity contribution in [1.29, 1.82) is 0 Å². The molecule has 8 nitrogen and oxygen atoms in total. The highest BCUT2D eigenvalue weighted by Crippen LogP contribution is 2.26. The number of anilines is 1. The number of sulfonamides is 1. The summed E-state index contributed by atoms with van der Waals surface area (Å²) in [5, 5.41) is 8.19. The lowest BCUT2D eigenvalue weighted by Gasteiger charge is -2.31. The molecule has 0 aromatic heterocycles. The van der Waals surface area contributed by atoms with E-state index in [0.717, 1.165) is 19.3 Å². The van der Waals surface area contributed by atoms with Gasteiger partial charge in [-0.15, -0.1) is 0 Å². The lowest BCUT2D eigenvalue weighted by atomic mass is 10.1. The van der Waals surface area contributed by atoms with Crippen molar-refractivity contribution in [1.82, 2.24) is 14.9 Å². The molecule has 0 bridgehead atoms. The van der Waals surface area contributed by atoms with E-state index >= 15 is 0 Å². The Morgan fingerprint density at radius 2 is 1.77 bits per heavy atom. The minimum absolute atomic E-state index is 0.00457. The van der Waals surface area contributed by atoms with Gasteiger partial charge in [0.15, 0.2) is 0 Å². The van der Waals surface area contributed by atoms with Crippen molar-refractivity contribution in [3.63, 3.8) is 0 Å². The summed E-state index contributed by atoms with van der Waals surface area (Å²) in [4.78, 5) is 22.9. The van der Waals surface area contributed by atoms with Crippen LogP contribution in [0.3, 0.4) is 0 Å². The van der Waals surface area contributed by atoms with Gasteiger partial charge in [0.1, 0.15) is 4.90 Å². The molecule has 0 radical (unpaired) electrons. The molecule has 168 valence electrons. The molecule has 1 aliphatic rings. The second-order valence-electron chi connectivity index (χ2n) is 7.61. The van der Waals surface area contributed by atoms with Crippen LogP contribution in [-0.4, -0.2) is 50.8 Å². The monoisotopic (exact) mass is 438 g/mol. The molecule has 0 unspecified atom stereocenters. The maximum atomic E-state index is 13.1. The van der Waals surface area contributed by atoms with E-state index in [0.29, 0.717) is 38.9 Å². The number of benzene rings is 1. The molecule has 2 rings (SSSR count). The molecule has 1 fully saturated rings. The minimum Gasteiger partial charge on any atom is -0.356 e. The Morgan fingerprint density at radius 3 is 2.47 bits per heavy atom. The molecule has 0 aliphatic carbocycles. The van der Waals surface area contributed by atoms with E-state index in [2.05, 4.69) is 22.9 Å². The lowest BCUT2D eigenvalue weighted by molar-refractivity contribution is -0.110. The summed E-state index contributed by atoms with van der Waals surface area (Å²) < 4.78 is 27.6. The van der Waals surface area contributed by atoms with Gasteiger partial charge in [-0.3, -0.25) is 4.79 Å². The third-order valence-corrected chi connectivity index (χ3v) is 7.28. The molecular weight excluding hydrogens is 404 g/mol. The van der Waals surface area contributed by atoms with Gasteiger partial charge in [0.2, 0.25) is 16.4 Å². The van der Waals surface area contributed by atoms with E-state index in [9.17, 15) is 18.0 Å². The molecular formula is C21H34N4O4S.